The number of halogens is 4. The molecule has 0 saturated carbocycles. The quantitative estimate of drug-likeness (QED) is 0.264. The van der Waals surface area contributed by atoms with E-state index in [4.69, 9.17) is 26.8 Å². The van der Waals surface area contributed by atoms with Crippen LogP contribution in [0, 0.1) is 5.41 Å². The molecule has 2 atom stereocenters. The number of alkyl halides is 3. The number of benzene rings is 2. The van der Waals surface area contributed by atoms with Crippen molar-refractivity contribution in [2.24, 2.45) is 5.41 Å². The fourth-order valence-electron chi connectivity index (χ4n) is 6.08. The zero-order valence-electron chi connectivity index (χ0n) is 23.9. The van der Waals surface area contributed by atoms with Crippen molar-refractivity contribution in [3.63, 3.8) is 0 Å². The van der Waals surface area contributed by atoms with Crippen LogP contribution in [-0.4, -0.2) is 64.2 Å². The topological polar surface area (TPSA) is 120 Å². The summed E-state index contributed by atoms with van der Waals surface area (Å²) >= 11 is 6.24. The van der Waals surface area contributed by atoms with Gasteiger partial charge in [0.25, 0.3) is 0 Å². The van der Waals surface area contributed by atoms with Gasteiger partial charge < -0.3 is 25.4 Å². The number of nitrogens with two attached hydrogens (primary N) is 1. The first kappa shape index (κ1) is 29.9. The molecule has 1 spiro atoms. The Balaban J connectivity index is 1.25. The molecule has 4 heterocycles. The monoisotopic (exact) mass is 629 g/mol. The number of anilines is 2. The van der Waals surface area contributed by atoms with E-state index >= 15 is 0 Å². The summed E-state index contributed by atoms with van der Waals surface area (Å²) in [6.45, 7) is 3.94. The maximum Gasteiger partial charge on any atom is 0.429 e. The number of para-hydroxylation sites is 1. The standard InChI is InChI=1S/C30H31ClF3N7O3/c1-2-43-27(42)21-15-29(17-36-21)9-11-40(12-10-29)24-14-25(39-28(35)38-24)44-26(30(32,33)34)20-8-7-19(31)13-23(20)41-22-6-4-3-5-18(22)16-37-41/h3-8,13-14,16,21,26,36H,2,9-12,15,17H2,1H3,(H2,35,38,39)/t21?,26-/m1/s1. The van der Waals surface area contributed by atoms with Crippen molar-refractivity contribution in [2.75, 3.05) is 36.9 Å². The first-order chi connectivity index (χ1) is 21.0. The van der Waals surface area contributed by atoms with Gasteiger partial charge in [0.1, 0.15) is 11.9 Å². The number of nitrogens with one attached hydrogen (secondary N) is 1. The van der Waals surface area contributed by atoms with Crippen LogP contribution in [0.25, 0.3) is 16.6 Å². The fraction of sp³-hybridized carbons (Fsp3) is 0.400. The first-order valence-corrected chi connectivity index (χ1v) is 14.7. The minimum absolute atomic E-state index is 0.0745. The Kier molecular flexibility index (Phi) is 8.01. The van der Waals surface area contributed by atoms with E-state index in [1.807, 2.05) is 17.0 Å². The van der Waals surface area contributed by atoms with E-state index in [9.17, 15) is 18.0 Å². The number of esters is 1. The molecule has 4 aromatic rings. The third-order valence-electron chi connectivity index (χ3n) is 8.30. The van der Waals surface area contributed by atoms with Gasteiger partial charge in [-0.15, -0.1) is 0 Å². The molecule has 1 unspecified atom stereocenters. The Morgan fingerprint density at radius 3 is 2.70 bits per heavy atom. The van der Waals surface area contributed by atoms with Crippen molar-refractivity contribution >= 4 is 40.2 Å². The lowest BCUT2D eigenvalue weighted by atomic mass is 9.76. The number of piperidine rings is 1. The summed E-state index contributed by atoms with van der Waals surface area (Å²) in [5, 5.41) is 8.60. The number of nitrogens with zero attached hydrogens (tertiary/aromatic N) is 5. The van der Waals surface area contributed by atoms with Crippen LogP contribution >= 0.6 is 11.6 Å². The molecule has 2 aromatic carbocycles. The molecule has 0 amide bonds. The van der Waals surface area contributed by atoms with E-state index in [2.05, 4.69) is 20.4 Å². The largest absolute Gasteiger partial charge is 0.465 e. The summed E-state index contributed by atoms with van der Waals surface area (Å²) in [5.74, 6) is -0.407. The van der Waals surface area contributed by atoms with Crippen LogP contribution in [0.15, 0.2) is 54.7 Å². The molecule has 3 N–H and O–H groups in total. The van der Waals surface area contributed by atoms with Gasteiger partial charge in [-0.25, -0.2) is 4.68 Å². The first-order valence-electron chi connectivity index (χ1n) is 14.3. The zero-order chi connectivity index (χ0) is 31.1. The van der Waals surface area contributed by atoms with Gasteiger partial charge in [-0.3, -0.25) is 4.79 Å². The van der Waals surface area contributed by atoms with E-state index in [0.29, 0.717) is 44.0 Å². The molecule has 6 rings (SSSR count). The molecular formula is C30H31ClF3N7O3. The lowest BCUT2D eigenvalue weighted by Crippen LogP contribution is -2.41. The fourth-order valence-corrected chi connectivity index (χ4v) is 6.25. The second kappa shape index (κ2) is 11.8. The van der Waals surface area contributed by atoms with Crippen LogP contribution in [0.3, 0.4) is 0 Å². The van der Waals surface area contributed by atoms with E-state index in [1.165, 1.54) is 28.9 Å². The van der Waals surface area contributed by atoms with E-state index in [1.54, 1.807) is 25.3 Å². The molecule has 2 fully saturated rings. The zero-order valence-corrected chi connectivity index (χ0v) is 24.6. The Hall–Kier alpha value is -4.10. The third-order valence-corrected chi connectivity index (χ3v) is 8.54. The van der Waals surface area contributed by atoms with Crippen molar-refractivity contribution in [1.29, 1.82) is 0 Å². The molecule has 0 bridgehead atoms. The minimum atomic E-state index is -4.83. The maximum absolute atomic E-state index is 14.7. The average molecular weight is 630 g/mol. The van der Waals surface area contributed by atoms with Crippen LogP contribution in [-0.2, 0) is 9.53 Å². The van der Waals surface area contributed by atoms with Crippen LogP contribution in [0.4, 0.5) is 24.9 Å². The lowest BCUT2D eigenvalue weighted by Gasteiger charge is -2.39. The van der Waals surface area contributed by atoms with Crippen LogP contribution in [0.1, 0.15) is 37.9 Å². The minimum Gasteiger partial charge on any atom is -0.465 e. The highest BCUT2D eigenvalue weighted by molar-refractivity contribution is 6.30. The van der Waals surface area contributed by atoms with Crippen molar-refractivity contribution < 1.29 is 27.4 Å². The summed E-state index contributed by atoms with van der Waals surface area (Å²) in [6.07, 6.45) is -3.48. The number of nitrogen functional groups attached to an aromatic ring is 1. The molecule has 10 nitrogen and oxygen atoms in total. The molecule has 2 aromatic heterocycles. The number of hydrogen-bond acceptors (Lipinski definition) is 9. The van der Waals surface area contributed by atoms with Gasteiger partial charge in [-0.2, -0.15) is 28.2 Å². The molecular weight excluding hydrogens is 599 g/mol. The summed E-state index contributed by atoms with van der Waals surface area (Å²) in [6, 6.07) is 12.3. The summed E-state index contributed by atoms with van der Waals surface area (Å²) in [5.41, 5.74) is 6.43. The Bertz CT molecular complexity index is 1670. The number of hydrogen-bond donors (Lipinski definition) is 2. The van der Waals surface area contributed by atoms with E-state index in [0.717, 1.165) is 18.2 Å². The van der Waals surface area contributed by atoms with Gasteiger partial charge in [0, 0.05) is 41.7 Å². The van der Waals surface area contributed by atoms with Crippen molar-refractivity contribution in [3.8, 4) is 11.6 Å². The third kappa shape index (κ3) is 5.98. The van der Waals surface area contributed by atoms with Crippen LogP contribution < -0.4 is 20.7 Å². The number of aromatic nitrogens is 4. The van der Waals surface area contributed by atoms with Crippen molar-refractivity contribution in [2.45, 2.75) is 44.5 Å². The second-order valence-electron chi connectivity index (χ2n) is 11.2. The molecule has 14 heteroatoms. The number of ether oxygens (including phenoxy) is 2. The number of carbonyl (C=O) groups is 1. The van der Waals surface area contributed by atoms with Gasteiger partial charge in [-0.1, -0.05) is 35.9 Å². The lowest BCUT2D eigenvalue weighted by molar-refractivity contribution is -0.198. The highest BCUT2D eigenvalue weighted by Crippen LogP contribution is 2.43. The predicted molar refractivity (Wildman–Crippen MR) is 159 cm³/mol. The van der Waals surface area contributed by atoms with Gasteiger partial charge >= 0.3 is 12.1 Å². The number of carbonyl (C=O) groups excluding carboxylic acids is 1. The van der Waals surface area contributed by atoms with Crippen molar-refractivity contribution in [3.05, 3.63) is 65.3 Å². The summed E-state index contributed by atoms with van der Waals surface area (Å²) in [4.78, 5) is 22.5. The number of rotatable bonds is 7. The molecule has 44 heavy (non-hydrogen) atoms. The molecule has 0 radical (unpaired) electrons. The second-order valence-corrected chi connectivity index (χ2v) is 11.6. The molecule has 2 aliphatic heterocycles. The summed E-state index contributed by atoms with van der Waals surface area (Å²) in [7, 11) is 0. The molecule has 2 aliphatic rings. The smallest absolute Gasteiger partial charge is 0.429 e. The summed E-state index contributed by atoms with van der Waals surface area (Å²) < 4.78 is 56.2. The van der Waals surface area contributed by atoms with Crippen molar-refractivity contribution in [1.82, 2.24) is 25.1 Å². The molecule has 232 valence electrons. The molecule has 2 saturated heterocycles. The van der Waals surface area contributed by atoms with Gasteiger partial charge in [-0.05, 0) is 49.8 Å². The normalized spacial score (nSPS) is 18.9. The Morgan fingerprint density at radius 1 is 1.18 bits per heavy atom. The SMILES string of the molecule is CCOC(=O)C1CC2(CCN(c3cc(O[C@H](c4ccc(Cl)cc4-n4ncc5ccccc54)C(F)(F)F)nc(N)n3)CC2)CN1. The van der Waals surface area contributed by atoms with Gasteiger partial charge in [0.05, 0.1) is 24.0 Å². The van der Waals surface area contributed by atoms with Gasteiger partial charge in [0.2, 0.25) is 17.9 Å². The van der Waals surface area contributed by atoms with E-state index < -0.39 is 12.3 Å². The highest BCUT2D eigenvalue weighted by Gasteiger charge is 2.46. The Labute approximate surface area is 256 Å². The number of fused-ring (bicyclic) bond motifs is 1. The average Bonchev–Trinajstić information content (AvgIpc) is 3.61. The van der Waals surface area contributed by atoms with E-state index in [-0.39, 0.29) is 45.5 Å². The molecule has 0 aliphatic carbocycles. The van der Waals surface area contributed by atoms with Gasteiger partial charge in [0.15, 0.2) is 0 Å². The highest BCUT2D eigenvalue weighted by atomic mass is 35.5. The maximum atomic E-state index is 14.7. The Morgan fingerprint density at radius 2 is 1.95 bits per heavy atom. The van der Waals surface area contributed by atoms with Crippen LogP contribution in [0.5, 0.6) is 5.88 Å². The van der Waals surface area contributed by atoms with Crippen LogP contribution in [0.2, 0.25) is 5.02 Å². The predicted octanol–water partition coefficient (Wildman–Crippen LogP) is 5.25.